The van der Waals surface area contributed by atoms with Crippen molar-refractivity contribution in [3.8, 4) is 0 Å². The van der Waals surface area contributed by atoms with Gasteiger partial charge in [-0.15, -0.1) is 10.2 Å². The van der Waals surface area contributed by atoms with E-state index in [0.29, 0.717) is 13.0 Å². The van der Waals surface area contributed by atoms with Crippen LogP contribution in [0.15, 0.2) is 66.9 Å². The molecule has 7 heteroatoms. The van der Waals surface area contributed by atoms with E-state index >= 15 is 0 Å². The molecule has 1 amide bonds. The number of hydrogen-bond acceptors (Lipinski definition) is 5. The Labute approximate surface area is 187 Å². The first-order valence-electron chi connectivity index (χ1n) is 11.0. The standard InChI is InChI=1S/C25H26N6O/c32-24(16-19-6-2-1-3-7-19)27-17-23-29-28-22-11-13-30(14-15-31(22)23)18-21-9-4-8-20-10-5-12-26-25(20)21/h1-10,12H,11,13-18H2,(H,27,32). The SMILES string of the molecule is O=C(Cc1ccccc1)NCc1nnc2n1CCN(Cc1cccc3cccnc13)CC2. The van der Waals surface area contributed by atoms with Gasteiger partial charge < -0.3 is 9.88 Å². The van der Waals surface area contributed by atoms with Crippen molar-refractivity contribution in [2.75, 3.05) is 13.1 Å². The highest BCUT2D eigenvalue weighted by molar-refractivity contribution is 5.81. The second-order valence-corrected chi connectivity index (χ2v) is 8.14. The average molecular weight is 427 g/mol. The molecule has 0 aliphatic carbocycles. The number of benzene rings is 2. The van der Waals surface area contributed by atoms with Gasteiger partial charge in [-0.05, 0) is 17.2 Å². The van der Waals surface area contributed by atoms with Gasteiger partial charge in [-0.1, -0.05) is 54.6 Å². The number of carbonyl (C=O) groups is 1. The van der Waals surface area contributed by atoms with Crippen molar-refractivity contribution in [3.63, 3.8) is 0 Å². The van der Waals surface area contributed by atoms with Crippen LogP contribution in [0, 0.1) is 0 Å². The molecule has 0 bridgehead atoms. The van der Waals surface area contributed by atoms with E-state index in [9.17, 15) is 4.79 Å². The normalized spacial score (nSPS) is 14.1. The van der Waals surface area contributed by atoms with Gasteiger partial charge in [0.05, 0.1) is 18.5 Å². The Morgan fingerprint density at radius 3 is 2.72 bits per heavy atom. The van der Waals surface area contributed by atoms with Gasteiger partial charge in [0.15, 0.2) is 5.82 Å². The molecule has 0 saturated heterocycles. The van der Waals surface area contributed by atoms with Crippen LogP contribution in [0.25, 0.3) is 10.9 Å². The fourth-order valence-corrected chi connectivity index (χ4v) is 4.27. The number of nitrogens with zero attached hydrogens (tertiary/aromatic N) is 5. The number of nitrogens with one attached hydrogen (secondary N) is 1. The quantitative estimate of drug-likeness (QED) is 0.513. The minimum absolute atomic E-state index is 0.00717. The predicted molar refractivity (Wildman–Crippen MR) is 123 cm³/mol. The lowest BCUT2D eigenvalue weighted by Crippen LogP contribution is -2.28. The van der Waals surface area contributed by atoms with Crippen molar-refractivity contribution in [1.82, 2.24) is 30.0 Å². The summed E-state index contributed by atoms with van der Waals surface area (Å²) in [4.78, 5) is 19.4. The molecular formula is C25H26N6O. The summed E-state index contributed by atoms with van der Waals surface area (Å²) in [5.74, 6) is 1.79. The molecule has 0 atom stereocenters. The highest BCUT2D eigenvalue weighted by Crippen LogP contribution is 2.19. The first-order chi connectivity index (χ1) is 15.8. The maximum Gasteiger partial charge on any atom is 0.224 e. The molecule has 2 aromatic carbocycles. The van der Waals surface area contributed by atoms with Crippen molar-refractivity contribution in [3.05, 3.63) is 89.6 Å². The lowest BCUT2D eigenvalue weighted by molar-refractivity contribution is -0.120. The topological polar surface area (TPSA) is 75.9 Å². The summed E-state index contributed by atoms with van der Waals surface area (Å²) in [6.07, 6.45) is 3.06. The average Bonchev–Trinajstić information content (AvgIpc) is 3.10. The zero-order valence-electron chi connectivity index (χ0n) is 17.9. The number of pyridine rings is 1. The summed E-state index contributed by atoms with van der Waals surface area (Å²) >= 11 is 0. The molecule has 4 aromatic rings. The molecule has 0 saturated carbocycles. The van der Waals surface area contributed by atoms with Crippen LogP contribution in [0.4, 0.5) is 0 Å². The van der Waals surface area contributed by atoms with Gasteiger partial charge in [0.2, 0.25) is 5.91 Å². The molecule has 0 unspecified atom stereocenters. The molecule has 7 nitrogen and oxygen atoms in total. The van der Waals surface area contributed by atoms with Gasteiger partial charge in [-0.2, -0.15) is 0 Å². The molecule has 2 aromatic heterocycles. The number of rotatable bonds is 6. The second-order valence-electron chi connectivity index (χ2n) is 8.14. The van der Waals surface area contributed by atoms with Crippen molar-refractivity contribution in [2.45, 2.75) is 32.5 Å². The van der Waals surface area contributed by atoms with Gasteiger partial charge in [0.25, 0.3) is 0 Å². The number of amides is 1. The second kappa shape index (κ2) is 9.28. The molecule has 3 heterocycles. The van der Waals surface area contributed by atoms with E-state index in [0.717, 1.165) is 55.3 Å². The van der Waals surface area contributed by atoms with E-state index in [4.69, 9.17) is 0 Å². The molecule has 32 heavy (non-hydrogen) atoms. The van der Waals surface area contributed by atoms with E-state index < -0.39 is 0 Å². The fraction of sp³-hybridized carbons (Fsp3) is 0.280. The molecule has 5 rings (SSSR count). The Kier molecular flexibility index (Phi) is 5.89. The molecule has 0 fully saturated rings. The largest absolute Gasteiger partial charge is 0.349 e. The van der Waals surface area contributed by atoms with Crippen molar-refractivity contribution < 1.29 is 4.79 Å². The molecule has 1 aliphatic rings. The van der Waals surface area contributed by atoms with Crippen LogP contribution in [0.3, 0.4) is 0 Å². The lowest BCUT2D eigenvalue weighted by Gasteiger charge is -2.20. The van der Waals surface area contributed by atoms with E-state index in [1.807, 2.05) is 42.6 Å². The monoisotopic (exact) mass is 426 g/mol. The number of carbonyl (C=O) groups excluding carboxylic acids is 1. The van der Waals surface area contributed by atoms with Crippen LogP contribution < -0.4 is 5.32 Å². The number of fused-ring (bicyclic) bond motifs is 2. The summed E-state index contributed by atoms with van der Waals surface area (Å²) in [6.45, 7) is 3.88. The smallest absolute Gasteiger partial charge is 0.224 e. The van der Waals surface area contributed by atoms with Crippen LogP contribution in [0.5, 0.6) is 0 Å². The highest BCUT2D eigenvalue weighted by atomic mass is 16.1. The molecular weight excluding hydrogens is 400 g/mol. The van der Waals surface area contributed by atoms with E-state index in [1.165, 1.54) is 10.9 Å². The van der Waals surface area contributed by atoms with E-state index in [1.54, 1.807) is 0 Å². The first kappa shape index (κ1) is 20.3. The van der Waals surface area contributed by atoms with Gasteiger partial charge >= 0.3 is 0 Å². The highest BCUT2D eigenvalue weighted by Gasteiger charge is 2.19. The van der Waals surface area contributed by atoms with Crippen LogP contribution in [0.1, 0.15) is 22.8 Å². The van der Waals surface area contributed by atoms with Crippen LogP contribution >= 0.6 is 0 Å². The number of aromatic nitrogens is 4. The third kappa shape index (κ3) is 4.53. The maximum absolute atomic E-state index is 12.3. The van der Waals surface area contributed by atoms with Crippen molar-refractivity contribution in [1.29, 1.82) is 0 Å². The zero-order valence-corrected chi connectivity index (χ0v) is 17.9. The summed E-state index contributed by atoms with van der Waals surface area (Å²) in [5.41, 5.74) is 3.32. The van der Waals surface area contributed by atoms with E-state index in [-0.39, 0.29) is 5.91 Å². The zero-order chi connectivity index (χ0) is 21.8. The van der Waals surface area contributed by atoms with Crippen LogP contribution in [-0.2, 0) is 37.3 Å². The third-order valence-electron chi connectivity index (χ3n) is 5.96. The van der Waals surface area contributed by atoms with Crippen molar-refractivity contribution in [2.24, 2.45) is 0 Å². The van der Waals surface area contributed by atoms with Gasteiger partial charge in [0, 0.05) is 44.2 Å². The predicted octanol–water partition coefficient (Wildman–Crippen LogP) is 2.74. The van der Waals surface area contributed by atoms with Gasteiger partial charge in [0.1, 0.15) is 5.82 Å². The van der Waals surface area contributed by atoms with Crippen molar-refractivity contribution >= 4 is 16.8 Å². The number of hydrogen-bond donors (Lipinski definition) is 1. The van der Waals surface area contributed by atoms with Gasteiger partial charge in [-0.25, -0.2) is 0 Å². The molecule has 1 aliphatic heterocycles. The van der Waals surface area contributed by atoms with Gasteiger partial charge in [-0.3, -0.25) is 14.7 Å². The Bertz CT molecular complexity index is 1210. The Morgan fingerprint density at radius 1 is 0.938 bits per heavy atom. The summed E-state index contributed by atoms with van der Waals surface area (Å²) < 4.78 is 2.16. The van der Waals surface area contributed by atoms with Crippen LogP contribution in [0.2, 0.25) is 0 Å². The minimum Gasteiger partial charge on any atom is -0.349 e. The summed E-state index contributed by atoms with van der Waals surface area (Å²) in [7, 11) is 0. The Balaban J connectivity index is 1.21. The summed E-state index contributed by atoms with van der Waals surface area (Å²) in [6, 6.07) is 20.2. The van der Waals surface area contributed by atoms with E-state index in [2.05, 4.69) is 54.2 Å². The maximum atomic E-state index is 12.3. The molecule has 0 spiro atoms. The molecule has 1 N–H and O–H groups in total. The third-order valence-corrected chi connectivity index (χ3v) is 5.96. The fourth-order valence-electron chi connectivity index (χ4n) is 4.27. The first-order valence-corrected chi connectivity index (χ1v) is 11.0. The Hall–Kier alpha value is -3.58. The minimum atomic E-state index is -0.00717. The Morgan fingerprint density at radius 2 is 1.81 bits per heavy atom. The molecule has 0 radical (unpaired) electrons. The molecule has 162 valence electrons. The summed E-state index contributed by atoms with van der Waals surface area (Å²) in [5, 5.41) is 12.9. The number of para-hydroxylation sites is 1. The lowest BCUT2D eigenvalue weighted by atomic mass is 10.1. The van der Waals surface area contributed by atoms with Crippen LogP contribution in [-0.4, -0.2) is 43.6 Å².